The van der Waals surface area contributed by atoms with Gasteiger partial charge in [-0.2, -0.15) is 0 Å². The highest BCUT2D eigenvalue weighted by molar-refractivity contribution is 6.09. The van der Waals surface area contributed by atoms with Gasteiger partial charge < -0.3 is 4.57 Å². The third-order valence-corrected chi connectivity index (χ3v) is 12.7. The van der Waals surface area contributed by atoms with E-state index in [1.807, 2.05) is 36.9 Å². The molecule has 0 aliphatic rings. The number of rotatable bonds is 12. The summed E-state index contributed by atoms with van der Waals surface area (Å²) in [5, 5.41) is 2.58. The lowest BCUT2D eigenvalue weighted by atomic mass is 9.81. The van der Waals surface area contributed by atoms with Gasteiger partial charge in [-0.1, -0.05) is 135 Å². The highest BCUT2D eigenvalue weighted by atomic mass is 15.0. The zero-order chi connectivity index (χ0) is 41.8. The fourth-order valence-corrected chi connectivity index (χ4v) is 9.46. The molecule has 2 unspecified atom stereocenters. The van der Waals surface area contributed by atoms with Crippen LogP contribution in [0.15, 0.2) is 213 Å². The maximum atomic E-state index is 4.40. The van der Waals surface area contributed by atoms with Crippen molar-refractivity contribution < 1.29 is 0 Å². The van der Waals surface area contributed by atoms with Crippen molar-refractivity contribution in [2.45, 2.75) is 44.9 Å². The van der Waals surface area contributed by atoms with E-state index < -0.39 is 0 Å². The van der Waals surface area contributed by atoms with Gasteiger partial charge in [-0.15, -0.1) is 0 Å². The smallest absolute Gasteiger partial charge is 0.0541 e. The molecule has 0 saturated heterocycles. The van der Waals surface area contributed by atoms with Crippen molar-refractivity contribution in [1.29, 1.82) is 0 Å². The van der Waals surface area contributed by atoms with E-state index in [0.717, 1.165) is 41.5 Å². The van der Waals surface area contributed by atoms with Crippen LogP contribution < -0.4 is 0 Å². The molecule has 0 aliphatic carbocycles. The highest BCUT2D eigenvalue weighted by Crippen LogP contribution is 2.40. The third-order valence-electron chi connectivity index (χ3n) is 12.7. The van der Waals surface area contributed by atoms with Gasteiger partial charge in [0.25, 0.3) is 0 Å². The van der Waals surface area contributed by atoms with E-state index in [0.29, 0.717) is 11.8 Å². The van der Waals surface area contributed by atoms with Crippen LogP contribution in [-0.4, -0.2) is 14.5 Å². The first-order valence-corrected chi connectivity index (χ1v) is 22.0. The van der Waals surface area contributed by atoms with Gasteiger partial charge in [-0.05, 0) is 153 Å². The first kappa shape index (κ1) is 38.8. The second-order valence-electron chi connectivity index (χ2n) is 16.5. The second kappa shape index (κ2) is 17.3. The SMILES string of the molecule is CCC(CC(CC)c1cccc(-n2c3ccccc3c3ccccc32)c1)c1cccc(-c2cc(-c3cccc(-c4cccnc4)c3)cc(-c3cccc(-c4cccnc4)c3)c2)c1. The van der Waals surface area contributed by atoms with Crippen LogP contribution >= 0.6 is 0 Å². The van der Waals surface area contributed by atoms with E-state index >= 15 is 0 Å². The molecule has 3 aromatic heterocycles. The Labute approximate surface area is 365 Å². The summed E-state index contributed by atoms with van der Waals surface area (Å²) in [5.74, 6) is 0.831. The number of hydrogen-bond acceptors (Lipinski definition) is 2. The highest BCUT2D eigenvalue weighted by Gasteiger charge is 2.20. The van der Waals surface area contributed by atoms with Crippen LogP contribution in [0.25, 0.3) is 83.1 Å². The molecule has 0 saturated carbocycles. The van der Waals surface area contributed by atoms with Gasteiger partial charge in [-0.3, -0.25) is 9.97 Å². The van der Waals surface area contributed by atoms with Crippen LogP contribution in [0.3, 0.4) is 0 Å². The molecule has 10 aromatic rings. The molecule has 2 atom stereocenters. The molecule has 0 aliphatic heterocycles. The number of benzene rings is 7. The average Bonchev–Trinajstić information content (AvgIpc) is 3.69. The largest absolute Gasteiger partial charge is 0.309 e. The number of aromatic nitrogens is 3. The van der Waals surface area contributed by atoms with Crippen LogP contribution in [-0.2, 0) is 0 Å². The van der Waals surface area contributed by atoms with Crippen molar-refractivity contribution in [3.63, 3.8) is 0 Å². The minimum atomic E-state index is 0.409. The molecule has 0 amide bonds. The van der Waals surface area contributed by atoms with Gasteiger partial charge in [0.2, 0.25) is 0 Å². The molecule has 62 heavy (non-hydrogen) atoms. The van der Waals surface area contributed by atoms with Crippen LogP contribution in [0.1, 0.15) is 56.1 Å². The van der Waals surface area contributed by atoms with Gasteiger partial charge in [0, 0.05) is 52.4 Å². The Bertz CT molecular complexity index is 2990. The Balaban J connectivity index is 1.01. The van der Waals surface area contributed by atoms with Gasteiger partial charge in [0.15, 0.2) is 0 Å². The molecular formula is C59H49N3. The van der Waals surface area contributed by atoms with E-state index in [2.05, 4.69) is 204 Å². The predicted octanol–water partition coefficient (Wildman–Crippen LogP) is 16.0. The molecule has 3 nitrogen and oxygen atoms in total. The zero-order valence-corrected chi connectivity index (χ0v) is 35.3. The molecule has 0 radical (unpaired) electrons. The summed E-state index contributed by atoms with van der Waals surface area (Å²) in [6.45, 7) is 4.70. The summed E-state index contributed by atoms with van der Waals surface area (Å²) in [7, 11) is 0. The van der Waals surface area contributed by atoms with Crippen LogP contribution in [0.5, 0.6) is 0 Å². The van der Waals surface area contributed by atoms with Gasteiger partial charge >= 0.3 is 0 Å². The van der Waals surface area contributed by atoms with Crippen molar-refractivity contribution in [1.82, 2.24) is 14.5 Å². The number of nitrogens with zero attached hydrogens (tertiary/aromatic N) is 3. The van der Waals surface area contributed by atoms with Crippen LogP contribution in [0.2, 0.25) is 0 Å². The lowest BCUT2D eigenvalue weighted by Crippen LogP contribution is -2.07. The number of fused-ring (bicyclic) bond motifs is 3. The Morgan fingerprint density at radius 1 is 0.371 bits per heavy atom. The molecule has 10 rings (SSSR count). The normalized spacial score (nSPS) is 12.4. The summed E-state index contributed by atoms with van der Waals surface area (Å²) in [6.07, 6.45) is 10.8. The quantitative estimate of drug-likeness (QED) is 0.123. The second-order valence-corrected chi connectivity index (χ2v) is 16.5. The van der Waals surface area contributed by atoms with E-state index in [-0.39, 0.29) is 0 Å². The minimum Gasteiger partial charge on any atom is -0.309 e. The molecule has 3 heterocycles. The van der Waals surface area contributed by atoms with Crippen LogP contribution in [0.4, 0.5) is 0 Å². The lowest BCUT2D eigenvalue weighted by molar-refractivity contribution is 0.509. The van der Waals surface area contributed by atoms with Crippen molar-refractivity contribution >= 4 is 21.8 Å². The van der Waals surface area contributed by atoms with Crippen molar-refractivity contribution in [2.24, 2.45) is 0 Å². The predicted molar refractivity (Wildman–Crippen MR) is 261 cm³/mol. The molecule has 0 spiro atoms. The summed E-state index contributed by atoms with van der Waals surface area (Å²) >= 11 is 0. The molecule has 0 bridgehead atoms. The number of pyridine rings is 2. The molecule has 3 heteroatoms. The molecule has 300 valence electrons. The monoisotopic (exact) mass is 799 g/mol. The first-order chi connectivity index (χ1) is 30.6. The first-order valence-electron chi connectivity index (χ1n) is 22.0. The molecule has 0 N–H and O–H groups in total. The maximum Gasteiger partial charge on any atom is 0.0541 e. The van der Waals surface area contributed by atoms with Crippen LogP contribution in [0, 0.1) is 0 Å². The van der Waals surface area contributed by atoms with E-state index in [1.54, 1.807) is 0 Å². The summed E-state index contributed by atoms with van der Waals surface area (Å²) in [6, 6.07) is 69.2. The Hall–Kier alpha value is -7.36. The van der Waals surface area contributed by atoms with E-state index in [4.69, 9.17) is 0 Å². The van der Waals surface area contributed by atoms with Crippen molar-refractivity contribution in [2.75, 3.05) is 0 Å². The summed E-state index contributed by atoms with van der Waals surface area (Å²) in [4.78, 5) is 8.81. The van der Waals surface area contributed by atoms with Gasteiger partial charge in [-0.25, -0.2) is 0 Å². The topological polar surface area (TPSA) is 30.7 Å². The minimum absolute atomic E-state index is 0.409. The van der Waals surface area contributed by atoms with Gasteiger partial charge in [0.1, 0.15) is 0 Å². The van der Waals surface area contributed by atoms with Crippen molar-refractivity contribution in [3.05, 3.63) is 224 Å². The standard InChI is InChI=1S/C59H49N3/c1-3-41(31-42(4-2)49-21-12-24-55(38-49)62-58-27-7-5-25-56(58)57-26-6-8-28-59(57)62)43-15-9-18-46(32-43)52-35-53(47-19-10-16-44(33-47)50-22-13-29-60-39-50)37-54(36-52)48-20-11-17-45(34-48)51-23-14-30-61-40-51/h5-30,32-42H,3-4,31H2,1-2H3. The molecular weight excluding hydrogens is 751 g/mol. The number of hydrogen-bond donors (Lipinski definition) is 0. The van der Waals surface area contributed by atoms with Gasteiger partial charge in [0.05, 0.1) is 11.0 Å². The average molecular weight is 800 g/mol. The molecule has 0 fully saturated rings. The van der Waals surface area contributed by atoms with E-state index in [9.17, 15) is 0 Å². The lowest BCUT2D eigenvalue weighted by Gasteiger charge is -2.24. The van der Waals surface area contributed by atoms with E-state index in [1.165, 1.54) is 72.0 Å². The fraction of sp³-hybridized carbons (Fsp3) is 0.119. The van der Waals surface area contributed by atoms with Crippen molar-refractivity contribution in [3.8, 4) is 61.3 Å². The fourth-order valence-electron chi connectivity index (χ4n) is 9.46. The summed E-state index contributed by atoms with van der Waals surface area (Å²) in [5.41, 5.74) is 18.2. The Kier molecular flexibility index (Phi) is 10.8. The Morgan fingerprint density at radius 3 is 1.26 bits per heavy atom. The third kappa shape index (κ3) is 7.74. The maximum absolute atomic E-state index is 4.40. The Morgan fingerprint density at radius 2 is 0.774 bits per heavy atom. The number of para-hydroxylation sites is 2. The zero-order valence-electron chi connectivity index (χ0n) is 35.3. The summed E-state index contributed by atoms with van der Waals surface area (Å²) < 4.78 is 2.44. The molecule has 7 aromatic carbocycles.